The Hall–Kier alpha value is -1.54. The maximum atomic E-state index is 12.9. The van der Waals surface area contributed by atoms with Gasteiger partial charge in [-0.15, -0.1) is 0 Å². The van der Waals surface area contributed by atoms with Crippen molar-refractivity contribution in [3.8, 4) is 0 Å². The lowest BCUT2D eigenvalue weighted by Gasteiger charge is -2.16. The van der Waals surface area contributed by atoms with Gasteiger partial charge < -0.3 is 5.11 Å². The fraction of sp³-hybridized carbons (Fsp3) is 0.400. The maximum absolute atomic E-state index is 12.9. The average Bonchev–Trinajstić information content (AvgIpc) is 2.28. The summed E-state index contributed by atoms with van der Waals surface area (Å²) >= 11 is 0. The number of aliphatic carboxylic acids is 1. The molecule has 1 aromatic heterocycles. The fourth-order valence-corrected chi connectivity index (χ4v) is 2.47. The summed E-state index contributed by atoms with van der Waals surface area (Å²) in [4.78, 5) is 13.5. The topological polar surface area (TPSA) is 87.6 Å². The van der Waals surface area contributed by atoms with Crippen LogP contribution in [-0.4, -0.2) is 42.4 Å². The van der Waals surface area contributed by atoms with Gasteiger partial charge in [-0.25, -0.2) is 17.1 Å². The molecular weight excluding hydrogens is 263 g/mol. The van der Waals surface area contributed by atoms with Crippen molar-refractivity contribution in [3.05, 3.63) is 24.3 Å². The second-order valence-corrected chi connectivity index (χ2v) is 5.71. The first-order chi connectivity index (χ1) is 8.34. The molecule has 0 spiro atoms. The number of hydrogen-bond donors (Lipinski definition) is 1. The first kappa shape index (κ1) is 14.5. The number of aromatic nitrogens is 1. The standard InChI is InChI=1S/C10H13FN2O4S/c1-13(4-2-3-10(14)15)18(16,17)9-5-8(11)6-12-7-9/h5-7H,2-4H2,1H3,(H,14,15). The number of pyridine rings is 1. The quantitative estimate of drug-likeness (QED) is 0.826. The zero-order valence-corrected chi connectivity index (χ0v) is 10.5. The van der Waals surface area contributed by atoms with Crippen LogP contribution in [0.15, 0.2) is 23.4 Å². The molecule has 0 fully saturated rings. The maximum Gasteiger partial charge on any atom is 0.303 e. The summed E-state index contributed by atoms with van der Waals surface area (Å²) in [6.07, 6.45) is 2.02. The number of hydrogen-bond acceptors (Lipinski definition) is 4. The molecule has 1 N–H and O–H groups in total. The third kappa shape index (κ3) is 3.74. The number of carbonyl (C=O) groups is 1. The first-order valence-corrected chi connectivity index (χ1v) is 6.56. The summed E-state index contributed by atoms with van der Waals surface area (Å²) in [5.74, 6) is -1.73. The number of rotatable bonds is 6. The number of halogens is 1. The molecule has 1 aromatic rings. The van der Waals surface area contributed by atoms with Gasteiger partial charge in [-0.2, -0.15) is 0 Å². The zero-order valence-electron chi connectivity index (χ0n) is 9.71. The van der Waals surface area contributed by atoms with Gasteiger partial charge in [0.15, 0.2) is 0 Å². The van der Waals surface area contributed by atoms with Crippen LogP contribution in [0.4, 0.5) is 4.39 Å². The Labute approximate surface area is 104 Å². The smallest absolute Gasteiger partial charge is 0.303 e. The molecule has 0 bridgehead atoms. The van der Waals surface area contributed by atoms with Crippen molar-refractivity contribution in [1.82, 2.24) is 9.29 Å². The van der Waals surface area contributed by atoms with Gasteiger partial charge >= 0.3 is 5.97 Å². The van der Waals surface area contributed by atoms with Gasteiger partial charge in [0.1, 0.15) is 10.7 Å². The summed E-state index contributed by atoms with van der Waals surface area (Å²) in [5, 5.41) is 8.46. The lowest BCUT2D eigenvalue weighted by Crippen LogP contribution is -2.28. The van der Waals surface area contributed by atoms with Gasteiger partial charge in [0.25, 0.3) is 0 Å². The Bertz CT molecular complexity index is 532. The van der Waals surface area contributed by atoms with Gasteiger partial charge in [-0.1, -0.05) is 0 Å². The van der Waals surface area contributed by atoms with Crippen molar-refractivity contribution >= 4 is 16.0 Å². The summed E-state index contributed by atoms with van der Waals surface area (Å²) < 4.78 is 37.7. The lowest BCUT2D eigenvalue weighted by atomic mass is 10.3. The van der Waals surface area contributed by atoms with Crippen molar-refractivity contribution in [1.29, 1.82) is 0 Å². The minimum atomic E-state index is -3.82. The van der Waals surface area contributed by atoms with Crippen LogP contribution < -0.4 is 0 Å². The Morgan fingerprint density at radius 1 is 1.50 bits per heavy atom. The van der Waals surface area contributed by atoms with Gasteiger partial charge in [0, 0.05) is 26.2 Å². The van der Waals surface area contributed by atoms with E-state index in [2.05, 4.69) is 4.98 Å². The van der Waals surface area contributed by atoms with E-state index in [1.54, 1.807) is 0 Å². The minimum Gasteiger partial charge on any atom is -0.481 e. The summed E-state index contributed by atoms with van der Waals surface area (Å²) in [5.41, 5.74) is 0. The Morgan fingerprint density at radius 2 is 2.17 bits per heavy atom. The molecule has 8 heteroatoms. The van der Waals surface area contributed by atoms with Gasteiger partial charge in [-0.05, 0) is 12.5 Å². The van der Waals surface area contributed by atoms with E-state index in [0.29, 0.717) is 0 Å². The van der Waals surface area contributed by atoms with Crippen molar-refractivity contribution in [3.63, 3.8) is 0 Å². The third-order valence-corrected chi connectivity index (χ3v) is 4.07. The number of carboxylic acid groups (broad SMARTS) is 1. The number of sulfonamides is 1. The van der Waals surface area contributed by atoms with Crippen molar-refractivity contribution in [2.24, 2.45) is 0 Å². The van der Waals surface area contributed by atoms with Crippen molar-refractivity contribution < 1.29 is 22.7 Å². The van der Waals surface area contributed by atoms with Crippen LogP contribution in [0.25, 0.3) is 0 Å². The second-order valence-electron chi connectivity index (χ2n) is 3.66. The van der Waals surface area contributed by atoms with E-state index in [9.17, 15) is 17.6 Å². The molecule has 0 aliphatic rings. The van der Waals surface area contributed by atoms with Crippen molar-refractivity contribution in [2.75, 3.05) is 13.6 Å². The van der Waals surface area contributed by atoms with E-state index in [1.165, 1.54) is 7.05 Å². The zero-order chi connectivity index (χ0) is 13.8. The van der Waals surface area contributed by atoms with E-state index in [-0.39, 0.29) is 24.3 Å². The molecule has 100 valence electrons. The molecule has 6 nitrogen and oxygen atoms in total. The fourth-order valence-electron chi connectivity index (χ4n) is 1.29. The molecule has 0 radical (unpaired) electrons. The first-order valence-electron chi connectivity index (χ1n) is 5.12. The number of nitrogens with zero attached hydrogens (tertiary/aromatic N) is 2. The molecule has 0 aliphatic heterocycles. The Balaban J connectivity index is 2.77. The molecule has 1 rings (SSSR count). The molecule has 0 saturated carbocycles. The predicted octanol–water partition coefficient (Wildman–Crippen LogP) is 0.706. The average molecular weight is 276 g/mol. The highest BCUT2D eigenvalue weighted by Crippen LogP contribution is 2.14. The van der Waals surface area contributed by atoms with Crippen LogP contribution in [0.5, 0.6) is 0 Å². The van der Waals surface area contributed by atoms with E-state index >= 15 is 0 Å². The predicted molar refractivity (Wildman–Crippen MR) is 60.9 cm³/mol. The largest absolute Gasteiger partial charge is 0.481 e. The highest BCUT2D eigenvalue weighted by Gasteiger charge is 2.21. The van der Waals surface area contributed by atoms with Crippen molar-refractivity contribution in [2.45, 2.75) is 17.7 Å². The van der Waals surface area contributed by atoms with Gasteiger partial charge in [-0.3, -0.25) is 9.78 Å². The van der Waals surface area contributed by atoms with Crippen LogP contribution in [0, 0.1) is 5.82 Å². The van der Waals surface area contributed by atoms with Crippen LogP contribution in [-0.2, 0) is 14.8 Å². The van der Waals surface area contributed by atoms with Gasteiger partial charge in [0.2, 0.25) is 10.0 Å². The van der Waals surface area contributed by atoms with E-state index in [0.717, 1.165) is 22.8 Å². The lowest BCUT2D eigenvalue weighted by molar-refractivity contribution is -0.137. The monoisotopic (exact) mass is 276 g/mol. The molecule has 0 aromatic carbocycles. The molecule has 18 heavy (non-hydrogen) atoms. The highest BCUT2D eigenvalue weighted by molar-refractivity contribution is 7.89. The molecule has 0 saturated heterocycles. The molecule has 0 aliphatic carbocycles. The summed E-state index contributed by atoms with van der Waals surface area (Å²) in [7, 11) is -2.51. The molecule has 0 atom stereocenters. The van der Waals surface area contributed by atoms with Gasteiger partial charge in [0.05, 0.1) is 6.20 Å². The van der Waals surface area contributed by atoms with E-state index in [1.807, 2.05) is 0 Å². The van der Waals surface area contributed by atoms with Crippen LogP contribution in [0.3, 0.4) is 0 Å². The van der Waals surface area contributed by atoms with E-state index in [4.69, 9.17) is 5.11 Å². The Kier molecular flexibility index (Phi) is 4.74. The second kappa shape index (κ2) is 5.87. The minimum absolute atomic E-state index is 0.0468. The SMILES string of the molecule is CN(CCCC(=O)O)S(=O)(=O)c1cncc(F)c1. The summed E-state index contributed by atoms with van der Waals surface area (Å²) in [6.45, 7) is 0.0468. The van der Waals surface area contributed by atoms with Crippen LogP contribution in [0.1, 0.15) is 12.8 Å². The molecule has 1 heterocycles. The van der Waals surface area contributed by atoms with E-state index < -0.39 is 21.8 Å². The van der Waals surface area contributed by atoms with Crippen LogP contribution >= 0.6 is 0 Å². The number of carboxylic acids is 1. The molecule has 0 unspecified atom stereocenters. The normalized spacial score (nSPS) is 11.7. The van der Waals surface area contributed by atoms with Crippen LogP contribution in [0.2, 0.25) is 0 Å². The highest BCUT2D eigenvalue weighted by atomic mass is 32.2. The third-order valence-electron chi connectivity index (χ3n) is 2.25. The Morgan fingerprint density at radius 3 is 2.72 bits per heavy atom. The molecule has 0 amide bonds. The molecular formula is C10H13FN2O4S. The summed E-state index contributed by atoms with van der Waals surface area (Å²) in [6, 6.07) is 0.871.